The Morgan fingerprint density at radius 3 is 2.64 bits per heavy atom. The number of ether oxygens (including phenoxy) is 4. The minimum atomic E-state index is -0.254. The van der Waals surface area contributed by atoms with Gasteiger partial charge >= 0.3 is 5.97 Å². The lowest BCUT2D eigenvalue weighted by Crippen LogP contribution is -2.18. The molecule has 0 spiro atoms. The average molecular weight is 348 g/mol. The van der Waals surface area contributed by atoms with Crippen molar-refractivity contribution in [2.24, 2.45) is 0 Å². The molecule has 1 aliphatic rings. The summed E-state index contributed by atoms with van der Waals surface area (Å²) in [5.41, 5.74) is 2.13. The number of benzene rings is 1. The Morgan fingerprint density at radius 1 is 1.28 bits per heavy atom. The van der Waals surface area contributed by atoms with E-state index in [1.165, 1.54) is 12.5 Å². The van der Waals surface area contributed by atoms with Gasteiger partial charge in [-0.05, 0) is 50.5 Å². The van der Waals surface area contributed by atoms with Gasteiger partial charge in [0.1, 0.15) is 18.0 Å². The van der Waals surface area contributed by atoms with Crippen molar-refractivity contribution in [3.63, 3.8) is 0 Å². The van der Waals surface area contributed by atoms with Crippen LogP contribution >= 0.6 is 0 Å². The minimum Gasteiger partial charge on any atom is -0.497 e. The zero-order valence-corrected chi connectivity index (χ0v) is 15.5. The zero-order chi connectivity index (χ0) is 18.3. The van der Waals surface area contributed by atoms with Crippen LogP contribution in [0.2, 0.25) is 0 Å². The fourth-order valence-electron chi connectivity index (χ4n) is 2.64. The molecule has 0 N–H and O–H groups in total. The van der Waals surface area contributed by atoms with E-state index < -0.39 is 0 Å². The normalized spacial score (nSPS) is 22.6. The molecule has 1 aromatic carbocycles. The Kier molecular flexibility index (Phi) is 7.02. The third-order valence-corrected chi connectivity index (χ3v) is 4.37. The first kappa shape index (κ1) is 19.5. The van der Waals surface area contributed by atoms with Gasteiger partial charge in [0.05, 0.1) is 26.4 Å². The number of hydrogen-bond acceptors (Lipinski definition) is 5. The molecule has 0 saturated carbocycles. The van der Waals surface area contributed by atoms with Crippen LogP contribution in [0.15, 0.2) is 35.9 Å². The molecule has 0 bridgehead atoms. The molecule has 1 aliphatic heterocycles. The molecule has 0 aromatic heterocycles. The highest BCUT2D eigenvalue weighted by atomic mass is 16.6. The van der Waals surface area contributed by atoms with Crippen molar-refractivity contribution in [3.05, 3.63) is 41.5 Å². The fourth-order valence-corrected chi connectivity index (χ4v) is 2.64. The first-order valence-electron chi connectivity index (χ1n) is 8.60. The summed E-state index contributed by atoms with van der Waals surface area (Å²) in [5.74, 6) is 0.592. The number of carbonyl (C=O) groups excluding carboxylic acids is 1. The molecule has 1 saturated heterocycles. The maximum atomic E-state index is 10.7. The van der Waals surface area contributed by atoms with E-state index in [2.05, 4.69) is 6.92 Å². The predicted octanol–water partition coefficient (Wildman–Crippen LogP) is 3.66. The average Bonchev–Trinajstić information content (AvgIpc) is 3.23. The van der Waals surface area contributed by atoms with Crippen LogP contribution in [0, 0.1) is 0 Å². The van der Waals surface area contributed by atoms with E-state index in [1.54, 1.807) is 7.11 Å². The second kappa shape index (κ2) is 9.02. The van der Waals surface area contributed by atoms with Crippen LogP contribution in [0.5, 0.6) is 5.75 Å². The van der Waals surface area contributed by atoms with Gasteiger partial charge in [-0.25, -0.2) is 0 Å². The summed E-state index contributed by atoms with van der Waals surface area (Å²) in [6.07, 6.45) is 4.05. The minimum absolute atomic E-state index is 0.192. The topological polar surface area (TPSA) is 57.3 Å². The van der Waals surface area contributed by atoms with Crippen LogP contribution < -0.4 is 4.74 Å². The molecule has 0 aliphatic carbocycles. The molecule has 0 radical (unpaired) electrons. The fraction of sp³-hybridized carbons (Fsp3) is 0.550. The highest BCUT2D eigenvalue weighted by Gasteiger charge is 2.51. The van der Waals surface area contributed by atoms with Gasteiger partial charge in [-0.15, -0.1) is 0 Å². The molecule has 5 nitrogen and oxygen atoms in total. The summed E-state index contributed by atoms with van der Waals surface area (Å²) in [6, 6.07) is 7.87. The number of hydrogen-bond donors (Lipinski definition) is 0. The van der Waals surface area contributed by atoms with Gasteiger partial charge in [0.15, 0.2) is 0 Å². The van der Waals surface area contributed by atoms with Crippen LogP contribution in [0.25, 0.3) is 0 Å². The molecule has 1 fully saturated rings. The van der Waals surface area contributed by atoms with Crippen LogP contribution in [0.4, 0.5) is 0 Å². The quantitative estimate of drug-likeness (QED) is 0.367. The summed E-state index contributed by atoms with van der Waals surface area (Å²) in [7, 11) is 1.66. The van der Waals surface area contributed by atoms with Crippen LogP contribution in [-0.2, 0) is 25.6 Å². The van der Waals surface area contributed by atoms with Gasteiger partial charge in [0, 0.05) is 6.92 Å². The Bertz CT molecular complexity index is 593. The second-order valence-corrected chi connectivity index (χ2v) is 6.65. The molecule has 2 rings (SSSR count). The SMILES string of the molecule is COc1ccc(COC[C@]2(C)O[C@H]2CC/C(C)=C/COC(C)=O)cc1. The summed E-state index contributed by atoms with van der Waals surface area (Å²) in [5, 5.41) is 0. The molecule has 1 heterocycles. The van der Waals surface area contributed by atoms with Gasteiger partial charge in [-0.3, -0.25) is 4.79 Å². The number of rotatable bonds is 10. The maximum absolute atomic E-state index is 10.7. The molecular weight excluding hydrogens is 320 g/mol. The van der Waals surface area contributed by atoms with Crippen molar-refractivity contribution in [1.82, 2.24) is 0 Å². The Morgan fingerprint density at radius 2 is 2.00 bits per heavy atom. The van der Waals surface area contributed by atoms with E-state index in [0.29, 0.717) is 19.8 Å². The molecular formula is C20H28O5. The molecule has 1 aromatic rings. The van der Waals surface area contributed by atoms with Gasteiger partial charge in [-0.2, -0.15) is 0 Å². The highest BCUT2D eigenvalue weighted by molar-refractivity contribution is 5.66. The van der Waals surface area contributed by atoms with Crippen molar-refractivity contribution in [3.8, 4) is 5.75 Å². The van der Waals surface area contributed by atoms with Gasteiger partial charge < -0.3 is 18.9 Å². The van der Waals surface area contributed by atoms with Gasteiger partial charge in [-0.1, -0.05) is 17.7 Å². The van der Waals surface area contributed by atoms with Crippen molar-refractivity contribution in [1.29, 1.82) is 0 Å². The molecule has 0 unspecified atom stereocenters. The number of carbonyl (C=O) groups is 1. The predicted molar refractivity (Wildman–Crippen MR) is 95.6 cm³/mol. The van der Waals surface area contributed by atoms with E-state index >= 15 is 0 Å². The molecule has 25 heavy (non-hydrogen) atoms. The van der Waals surface area contributed by atoms with Crippen molar-refractivity contribution < 1.29 is 23.7 Å². The Balaban J connectivity index is 1.64. The largest absolute Gasteiger partial charge is 0.497 e. The van der Waals surface area contributed by atoms with Crippen molar-refractivity contribution in [2.45, 2.75) is 51.9 Å². The first-order chi connectivity index (χ1) is 11.9. The third kappa shape index (κ3) is 6.52. The molecule has 5 heteroatoms. The third-order valence-electron chi connectivity index (χ3n) is 4.37. The van der Waals surface area contributed by atoms with E-state index in [1.807, 2.05) is 37.3 Å². The van der Waals surface area contributed by atoms with Crippen LogP contribution in [0.3, 0.4) is 0 Å². The Hall–Kier alpha value is -1.85. The van der Waals surface area contributed by atoms with E-state index in [0.717, 1.165) is 24.2 Å². The summed E-state index contributed by atoms with van der Waals surface area (Å²) >= 11 is 0. The van der Waals surface area contributed by atoms with Gasteiger partial charge in [0.2, 0.25) is 0 Å². The second-order valence-electron chi connectivity index (χ2n) is 6.65. The highest BCUT2D eigenvalue weighted by Crippen LogP contribution is 2.40. The smallest absolute Gasteiger partial charge is 0.302 e. The number of methoxy groups -OCH3 is 1. The van der Waals surface area contributed by atoms with Crippen LogP contribution in [-0.4, -0.2) is 38.0 Å². The van der Waals surface area contributed by atoms with E-state index in [9.17, 15) is 4.79 Å². The monoisotopic (exact) mass is 348 g/mol. The van der Waals surface area contributed by atoms with Crippen LogP contribution in [0.1, 0.15) is 39.2 Å². The summed E-state index contributed by atoms with van der Waals surface area (Å²) in [6.45, 7) is 7.04. The standard InChI is InChI=1S/C20H28O5/c1-15(11-12-24-16(2)21)5-10-19-20(3,25-19)14-23-13-17-6-8-18(22-4)9-7-17/h6-9,11,19H,5,10,12-14H2,1-4H3/b15-11+/t19-,20-/m0/s1. The summed E-state index contributed by atoms with van der Waals surface area (Å²) in [4.78, 5) is 10.7. The van der Waals surface area contributed by atoms with Gasteiger partial charge in [0.25, 0.3) is 0 Å². The lowest BCUT2D eigenvalue weighted by molar-refractivity contribution is -0.139. The van der Waals surface area contributed by atoms with E-state index in [4.69, 9.17) is 18.9 Å². The molecule has 0 amide bonds. The molecule has 2 atom stereocenters. The number of epoxide rings is 1. The lowest BCUT2D eigenvalue weighted by Gasteiger charge is -2.09. The summed E-state index contributed by atoms with van der Waals surface area (Å²) < 4.78 is 21.7. The van der Waals surface area contributed by atoms with E-state index in [-0.39, 0.29) is 17.7 Å². The van der Waals surface area contributed by atoms with Crippen molar-refractivity contribution >= 4 is 5.97 Å². The Labute approximate surface area is 149 Å². The maximum Gasteiger partial charge on any atom is 0.302 e. The van der Waals surface area contributed by atoms with Crippen molar-refractivity contribution in [2.75, 3.05) is 20.3 Å². The first-order valence-corrected chi connectivity index (χ1v) is 8.60. The number of allylic oxidation sites excluding steroid dienone is 1. The zero-order valence-electron chi connectivity index (χ0n) is 15.5. The number of esters is 1. The molecule has 138 valence electrons. The lowest BCUT2D eigenvalue weighted by atomic mass is 10.0.